The van der Waals surface area contributed by atoms with E-state index < -0.39 is 10.0 Å². The summed E-state index contributed by atoms with van der Waals surface area (Å²) in [4.78, 5) is 0.269. The predicted octanol–water partition coefficient (Wildman–Crippen LogP) is 2.12. The minimum Gasteiger partial charge on any atom is -0.392 e. The molecular formula is C15H23NO3S. The van der Waals surface area contributed by atoms with Gasteiger partial charge in [-0.05, 0) is 54.4 Å². The van der Waals surface area contributed by atoms with Gasteiger partial charge in [0.25, 0.3) is 0 Å². The molecule has 5 heteroatoms. The number of nitrogens with one attached hydrogen (secondary N) is 1. The van der Waals surface area contributed by atoms with Gasteiger partial charge in [0.05, 0.1) is 11.5 Å². The van der Waals surface area contributed by atoms with Crippen molar-refractivity contribution in [2.24, 2.45) is 11.3 Å². The molecule has 0 spiro atoms. The lowest BCUT2D eigenvalue weighted by Gasteiger charge is -2.13. The summed E-state index contributed by atoms with van der Waals surface area (Å²) in [6.45, 7) is 8.28. The second-order valence-electron chi connectivity index (χ2n) is 6.44. The molecule has 2 rings (SSSR count). The van der Waals surface area contributed by atoms with Crippen molar-refractivity contribution in [3.05, 3.63) is 28.8 Å². The summed E-state index contributed by atoms with van der Waals surface area (Å²) in [5, 5.41) is 9.28. The molecule has 1 aromatic carbocycles. The summed E-state index contributed by atoms with van der Waals surface area (Å²) in [5.41, 5.74) is 2.53. The highest BCUT2D eigenvalue weighted by Crippen LogP contribution is 2.51. The van der Waals surface area contributed by atoms with Gasteiger partial charge in [-0.1, -0.05) is 19.9 Å². The predicted molar refractivity (Wildman–Crippen MR) is 78.9 cm³/mol. The van der Waals surface area contributed by atoms with Crippen molar-refractivity contribution in [2.75, 3.05) is 6.54 Å². The highest BCUT2D eigenvalue weighted by atomic mass is 32.2. The Morgan fingerprint density at radius 2 is 1.90 bits per heavy atom. The highest BCUT2D eigenvalue weighted by Gasteiger charge is 2.45. The Morgan fingerprint density at radius 1 is 1.30 bits per heavy atom. The zero-order chi connectivity index (χ0) is 15.1. The van der Waals surface area contributed by atoms with Crippen LogP contribution in [0, 0.1) is 25.2 Å². The fourth-order valence-electron chi connectivity index (χ4n) is 2.55. The van der Waals surface area contributed by atoms with E-state index in [1.165, 1.54) is 0 Å². The minimum atomic E-state index is -3.51. The van der Waals surface area contributed by atoms with Gasteiger partial charge in [-0.3, -0.25) is 0 Å². The SMILES string of the molecule is Cc1cc(C)c(S(=O)(=O)NCC2CC2(C)C)cc1CO. The topological polar surface area (TPSA) is 66.4 Å². The Labute approximate surface area is 121 Å². The molecule has 0 amide bonds. The Kier molecular flexibility index (Phi) is 3.97. The lowest BCUT2D eigenvalue weighted by atomic mass is 10.1. The van der Waals surface area contributed by atoms with E-state index in [9.17, 15) is 13.5 Å². The standard InChI is InChI=1S/C15H23NO3S/c1-10-5-11(2)14(6-12(10)9-17)20(18,19)16-8-13-7-15(13,3)4/h5-6,13,16-17H,7-9H2,1-4H3. The quantitative estimate of drug-likeness (QED) is 0.875. The first kappa shape index (κ1) is 15.5. The number of benzene rings is 1. The van der Waals surface area contributed by atoms with Crippen LogP contribution in [0.2, 0.25) is 0 Å². The van der Waals surface area contributed by atoms with Crippen molar-refractivity contribution in [1.82, 2.24) is 4.72 Å². The number of aryl methyl sites for hydroxylation is 2. The van der Waals surface area contributed by atoms with Gasteiger partial charge in [-0.15, -0.1) is 0 Å². The molecule has 1 saturated carbocycles. The third-order valence-electron chi connectivity index (χ3n) is 4.33. The van der Waals surface area contributed by atoms with Crippen molar-refractivity contribution < 1.29 is 13.5 Å². The van der Waals surface area contributed by atoms with Gasteiger partial charge in [-0.25, -0.2) is 13.1 Å². The van der Waals surface area contributed by atoms with E-state index in [0.717, 1.165) is 12.0 Å². The van der Waals surface area contributed by atoms with Gasteiger partial charge >= 0.3 is 0 Å². The van der Waals surface area contributed by atoms with Crippen LogP contribution in [-0.2, 0) is 16.6 Å². The molecule has 20 heavy (non-hydrogen) atoms. The Morgan fingerprint density at radius 3 is 2.40 bits per heavy atom. The molecule has 1 aromatic rings. The van der Waals surface area contributed by atoms with Crippen LogP contribution >= 0.6 is 0 Å². The molecule has 1 fully saturated rings. The smallest absolute Gasteiger partial charge is 0.240 e. The average Bonchev–Trinajstić information content (AvgIpc) is 2.95. The Hall–Kier alpha value is -0.910. The van der Waals surface area contributed by atoms with Gasteiger partial charge in [0, 0.05) is 6.54 Å². The summed E-state index contributed by atoms with van der Waals surface area (Å²) in [5.74, 6) is 0.417. The molecule has 1 aliphatic rings. The number of aliphatic hydroxyl groups excluding tert-OH is 1. The summed E-state index contributed by atoms with van der Waals surface area (Å²) in [7, 11) is -3.51. The lowest BCUT2D eigenvalue weighted by molar-refractivity contribution is 0.280. The van der Waals surface area contributed by atoms with E-state index in [1.807, 2.05) is 6.92 Å². The molecule has 4 nitrogen and oxygen atoms in total. The van der Waals surface area contributed by atoms with Crippen LogP contribution in [0.25, 0.3) is 0 Å². The van der Waals surface area contributed by atoms with E-state index in [0.29, 0.717) is 23.6 Å². The molecule has 0 bridgehead atoms. The molecule has 1 aliphatic carbocycles. The van der Waals surface area contributed by atoms with Crippen LogP contribution in [0.4, 0.5) is 0 Å². The van der Waals surface area contributed by atoms with Crippen molar-refractivity contribution >= 4 is 10.0 Å². The molecule has 0 aliphatic heterocycles. The number of sulfonamides is 1. The van der Waals surface area contributed by atoms with Crippen molar-refractivity contribution in [3.8, 4) is 0 Å². The van der Waals surface area contributed by atoms with E-state index in [2.05, 4.69) is 18.6 Å². The first-order chi connectivity index (χ1) is 9.17. The normalized spacial score (nSPS) is 20.9. The number of hydrogen-bond donors (Lipinski definition) is 2. The first-order valence-corrected chi connectivity index (χ1v) is 8.36. The maximum atomic E-state index is 12.4. The number of rotatable bonds is 5. The van der Waals surface area contributed by atoms with E-state index in [1.54, 1.807) is 19.1 Å². The molecule has 112 valence electrons. The van der Waals surface area contributed by atoms with Crippen LogP contribution in [0.1, 0.15) is 37.0 Å². The van der Waals surface area contributed by atoms with Gasteiger partial charge in [0.15, 0.2) is 0 Å². The van der Waals surface area contributed by atoms with Crippen LogP contribution < -0.4 is 4.72 Å². The minimum absolute atomic E-state index is 0.149. The number of hydrogen-bond acceptors (Lipinski definition) is 3. The highest BCUT2D eigenvalue weighted by molar-refractivity contribution is 7.89. The van der Waals surface area contributed by atoms with Crippen molar-refractivity contribution in [1.29, 1.82) is 0 Å². The van der Waals surface area contributed by atoms with E-state index in [4.69, 9.17) is 0 Å². The molecule has 1 unspecified atom stereocenters. The molecule has 2 N–H and O–H groups in total. The fourth-order valence-corrected chi connectivity index (χ4v) is 3.90. The molecule has 0 radical (unpaired) electrons. The van der Waals surface area contributed by atoms with E-state index in [-0.39, 0.29) is 16.9 Å². The maximum absolute atomic E-state index is 12.4. The van der Waals surface area contributed by atoms with Crippen molar-refractivity contribution in [2.45, 2.75) is 45.6 Å². The molecular weight excluding hydrogens is 274 g/mol. The van der Waals surface area contributed by atoms with Crippen molar-refractivity contribution in [3.63, 3.8) is 0 Å². The molecule has 1 atom stereocenters. The summed E-state index contributed by atoms with van der Waals surface area (Å²) in [6, 6.07) is 3.38. The number of aliphatic hydroxyl groups is 1. The fraction of sp³-hybridized carbons (Fsp3) is 0.600. The lowest BCUT2D eigenvalue weighted by Crippen LogP contribution is -2.27. The largest absolute Gasteiger partial charge is 0.392 e. The first-order valence-electron chi connectivity index (χ1n) is 6.88. The second kappa shape index (κ2) is 5.13. The summed E-state index contributed by atoms with van der Waals surface area (Å²) < 4.78 is 27.5. The summed E-state index contributed by atoms with van der Waals surface area (Å²) >= 11 is 0. The van der Waals surface area contributed by atoms with Gasteiger partial charge in [0.1, 0.15) is 0 Å². The molecule has 0 aromatic heterocycles. The molecule has 0 saturated heterocycles. The van der Waals surface area contributed by atoms with Gasteiger partial charge in [0.2, 0.25) is 10.0 Å². The Balaban J connectivity index is 2.21. The average molecular weight is 297 g/mol. The van der Waals surface area contributed by atoms with Crippen LogP contribution in [0.3, 0.4) is 0 Å². The molecule has 0 heterocycles. The van der Waals surface area contributed by atoms with Crippen LogP contribution in [0.15, 0.2) is 17.0 Å². The maximum Gasteiger partial charge on any atom is 0.240 e. The zero-order valence-electron chi connectivity index (χ0n) is 12.5. The van der Waals surface area contributed by atoms with Gasteiger partial charge in [-0.2, -0.15) is 0 Å². The third kappa shape index (κ3) is 3.05. The van der Waals surface area contributed by atoms with E-state index >= 15 is 0 Å². The second-order valence-corrected chi connectivity index (χ2v) is 8.18. The van der Waals surface area contributed by atoms with Gasteiger partial charge < -0.3 is 5.11 Å². The zero-order valence-corrected chi connectivity index (χ0v) is 13.3. The summed E-state index contributed by atoms with van der Waals surface area (Å²) in [6.07, 6.45) is 1.06. The third-order valence-corrected chi connectivity index (χ3v) is 5.90. The van der Waals surface area contributed by atoms with Crippen LogP contribution in [-0.4, -0.2) is 20.1 Å². The van der Waals surface area contributed by atoms with Crippen LogP contribution in [0.5, 0.6) is 0 Å². The monoisotopic (exact) mass is 297 g/mol. The Bertz CT molecular complexity index is 620.